The SMILES string of the molecule is CC(C)(C)O.Cc1cc2cc(C(N)=O)c(F)cc2c(-c2ccc3c4c(ccnc24)CCO3)c1CC(=O)O. The molecule has 0 atom stereocenters. The van der Waals surface area contributed by atoms with Gasteiger partial charge >= 0.3 is 5.97 Å². The third kappa shape index (κ3) is 5.39. The average Bonchev–Trinajstić information content (AvgIpc) is 2.79. The third-order valence-corrected chi connectivity index (χ3v) is 5.99. The zero-order valence-electron chi connectivity index (χ0n) is 21.2. The molecule has 0 radical (unpaired) electrons. The first-order chi connectivity index (χ1) is 17.3. The molecule has 4 N–H and O–H groups in total. The lowest BCUT2D eigenvalue weighted by Crippen LogP contribution is -2.13. The van der Waals surface area contributed by atoms with Crippen molar-refractivity contribution in [3.8, 4) is 16.9 Å². The summed E-state index contributed by atoms with van der Waals surface area (Å²) in [6.45, 7) is 7.60. The molecular weight excluding hydrogens is 475 g/mol. The number of fused-ring (bicyclic) bond motifs is 1. The summed E-state index contributed by atoms with van der Waals surface area (Å²) in [5, 5.41) is 20.1. The van der Waals surface area contributed by atoms with Crippen LogP contribution in [0.25, 0.3) is 32.8 Å². The van der Waals surface area contributed by atoms with Crippen LogP contribution in [-0.4, -0.2) is 39.3 Å². The summed E-state index contributed by atoms with van der Waals surface area (Å²) in [5.41, 5.74) is 8.94. The predicted molar refractivity (Wildman–Crippen MR) is 140 cm³/mol. The maximum Gasteiger partial charge on any atom is 0.307 e. The molecule has 1 amide bonds. The van der Waals surface area contributed by atoms with E-state index in [1.54, 1.807) is 40.0 Å². The van der Waals surface area contributed by atoms with Crippen molar-refractivity contribution in [2.24, 2.45) is 5.73 Å². The van der Waals surface area contributed by atoms with Gasteiger partial charge in [-0.15, -0.1) is 0 Å². The Kier molecular flexibility index (Phi) is 6.88. The zero-order chi connectivity index (χ0) is 27.1. The number of aryl methyl sites for hydroxylation is 1. The standard InChI is InChI=1S/C25H19FN2O4.C4H10O/c1-12-8-14-9-18(25(27)31)19(26)10-17(14)23(16(12)11-21(29)30)15-2-3-20-22-13(5-7-32-20)4-6-28-24(15)22;1-4(2,3)5/h2-4,6,8-10H,5,7,11H2,1H3,(H2,27,31)(H,29,30);5H,1-3H3. The molecule has 4 aromatic rings. The highest BCUT2D eigenvalue weighted by Crippen LogP contribution is 2.42. The summed E-state index contributed by atoms with van der Waals surface area (Å²) in [6, 6.07) is 10.0. The van der Waals surface area contributed by atoms with Crippen molar-refractivity contribution >= 4 is 33.6 Å². The Bertz CT molecular complexity index is 1540. The van der Waals surface area contributed by atoms with E-state index in [2.05, 4.69) is 4.98 Å². The molecule has 2 heterocycles. The lowest BCUT2D eigenvalue weighted by molar-refractivity contribution is -0.136. The van der Waals surface area contributed by atoms with Crippen molar-refractivity contribution in [3.05, 3.63) is 70.7 Å². The normalized spacial score (nSPS) is 12.6. The molecule has 8 heteroatoms. The number of rotatable bonds is 4. The van der Waals surface area contributed by atoms with E-state index < -0.39 is 23.3 Å². The molecule has 0 spiro atoms. The number of aliphatic carboxylic acids is 1. The van der Waals surface area contributed by atoms with Gasteiger partial charge in [-0.05, 0) is 91.1 Å². The number of benzene rings is 3. The van der Waals surface area contributed by atoms with Crippen LogP contribution in [0.4, 0.5) is 4.39 Å². The molecule has 192 valence electrons. The topological polar surface area (TPSA) is 123 Å². The van der Waals surface area contributed by atoms with Crippen LogP contribution in [0.2, 0.25) is 0 Å². The lowest BCUT2D eigenvalue weighted by atomic mass is 9.86. The number of nitrogens with two attached hydrogens (primary N) is 1. The number of carboxylic acid groups (broad SMARTS) is 1. The van der Waals surface area contributed by atoms with Gasteiger partial charge in [0.25, 0.3) is 5.91 Å². The fourth-order valence-electron chi connectivity index (χ4n) is 4.59. The summed E-state index contributed by atoms with van der Waals surface area (Å²) in [6.07, 6.45) is 2.22. The van der Waals surface area contributed by atoms with Gasteiger partial charge in [-0.1, -0.05) is 6.07 Å². The molecule has 1 aromatic heterocycles. The maximum absolute atomic E-state index is 14.8. The van der Waals surface area contributed by atoms with Gasteiger partial charge in [0.2, 0.25) is 0 Å². The van der Waals surface area contributed by atoms with Crippen LogP contribution in [0.3, 0.4) is 0 Å². The smallest absolute Gasteiger partial charge is 0.307 e. The van der Waals surface area contributed by atoms with Crippen LogP contribution >= 0.6 is 0 Å². The molecule has 37 heavy (non-hydrogen) atoms. The van der Waals surface area contributed by atoms with E-state index in [-0.39, 0.29) is 12.0 Å². The first-order valence-electron chi connectivity index (χ1n) is 11.9. The number of hydrogen-bond acceptors (Lipinski definition) is 5. The number of aromatic nitrogens is 1. The molecule has 3 aromatic carbocycles. The number of carboxylic acids is 1. The number of aliphatic hydroxyl groups is 1. The number of hydrogen-bond donors (Lipinski definition) is 3. The van der Waals surface area contributed by atoms with E-state index >= 15 is 0 Å². The zero-order valence-corrected chi connectivity index (χ0v) is 21.2. The average molecular weight is 505 g/mol. The predicted octanol–water partition coefficient (Wildman–Crippen LogP) is 4.94. The Morgan fingerprint density at radius 2 is 1.86 bits per heavy atom. The van der Waals surface area contributed by atoms with Gasteiger partial charge in [-0.3, -0.25) is 14.6 Å². The number of carbonyl (C=O) groups excluding carboxylic acids is 1. The maximum atomic E-state index is 14.8. The first-order valence-corrected chi connectivity index (χ1v) is 11.9. The fourth-order valence-corrected chi connectivity index (χ4v) is 4.59. The van der Waals surface area contributed by atoms with E-state index in [4.69, 9.17) is 15.6 Å². The molecule has 0 saturated carbocycles. The Morgan fingerprint density at radius 3 is 2.51 bits per heavy atom. The Hall–Kier alpha value is -4.04. The van der Waals surface area contributed by atoms with Gasteiger partial charge in [0.1, 0.15) is 11.6 Å². The Balaban J connectivity index is 0.000000586. The molecular formula is C29H29FN2O5. The van der Waals surface area contributed by atoms with Gasteiger partial charge in [0.15, 0.2) is 0 Å². The quantitative estimate of drug-likeness (QED) is 0.362. The summed E-state index contributed by atoms with van der Waals surface area (Å²) in [4.78, 5) is 28.0. The second-order valence-electron chi connectivity index (χ2n) is 10.1. The molecule has 1 aliphatic rings. The number of pyridine rings is 1. The number of ether oxygens (including phenoxy) is 1. The van der Waals surface area contributed by atoms with Crippen molar-refractivity contribution < 1.29 is 28.9 Å². The minimum atomic E-state index is -0.998. The molecule has 1 aliphatic heterocycles. The number of primary amides is 1. The molecule has 5 rings (SSSR count). The van der Waals surface area contributed by atoms with Crippen molar-refractivity contribution in [2.75, 3.05) is 6.61 Å². The molecule has 0 aliphatic carbocycles. The van der Waals surface area contributed by atoms with E-state index in [1.807, 2.05) is 18.2 Å². The third-order valence-electron chi connectivity index (χ3n) is 5.99. The lowest BCUT2D eigenvalue weighted by Gasteiger charge is -2.22. The highest BCUT2D eigenvalue weighted by Gasteiger charge is 2.23. The van der Waals surface area contributed by atoms with Crippen molar-refractivity contribution in [2.45, 2.75) is 46.1 Å². The largest absolute Gasteiger partial charge is 0.493 e. The molecule has 7 nitrogen and oxygen atoms in total. The number of halogens is 1. The first kappa shape index (κ1) is 26.0. The van der Waals surface area contributed by atoms with Crippen LogP contribution in [0.1, 0.15) is 47.8 Å². The Labute approximate surface area is 213 Å². The summed E-state index contributed by atoms with van der Waals surface area (Å²) in [5.74, 6) is -1.90. The van der Waals surface area contributed by atoms with Gasteiger partial charge in [-0.25, -0.2) is 4.39 Å². The van der Waals surface area contributed by atoms with Crippen molar-refractivity contribution in [3.63, 3.8) is 0 Å². The molecule has 0 fully saturated rings. The molecule has 0 saturated heterocycles. The van der Waals surface area contributed by atoms with Crippen molar-refractivity contribution in [1.82, 2.24) is 4.98 Å². The highest BCUT2D eigenvalue weighted by atomic mass is 19.1. The number of carbonyl (C=O) groups is 2. The number of nitrogens with zero attached hydrogens (tertiary/aromatic N) is 1. The second-order valence-corrected chi connectivity index (χ2v) is 10.1. The highest BCUT2D eigenvalue weighted by molar-refractivity contribution is 6.10. The monoisotopic (exact) mass is 504 g/mol. The van der Waals surface area contributed by atoms with Gasteiger partial charge in [-0.2, -0.15) is 0 Å². The van der Waals surface area contributed by atoms with Crippen LogP contribution in [0.5, 0.6) is 5.75 Å². The van der Waals surface area contributed by atoms with Crippen LogP contribution in [0, 0.1) is 12.7 Å². The fraction of sp³-hybridized carbons (Fsp3) is 0.276. The van der Waals surface area contributed by atoms with E-state index in [0.717, 1.165) is 23.1 Å². The number of amides is 1. The minimum Gasteiger partial charge on any atom is -0.493 e. The van der Waals surface area contributed by atoms with Crippen LogP contribution < -0.4 is 10.5 Å². The van der Waals surface area contributed by atoms with E-state index in [1.165, 1.54) is 12.1 Å². The van der Waals surface area contributed by atoms with Gasteiger partial charge in [0.05, 0.1) is 29.7 Å². The van der Waals surface area contributed by atoms with Gasteiger partial charge in [0, 0.05) is 23.6 Å². The van der Waals surface area contributed by atoms with E-state index in [9.17, 15) is 19.1 Å². The van der Waals surface area contributed by atoms with Crippen LogP contribution in [-0.2, 0) is 17.6 Å². The van der Waals surface area contributed by atoms with Crippen LogP contribution in [0.15, 0.2) is 42.6 Å². The van der Waals surface area contributed by atoms with Gasteiger partial charge < -0.3 is 20.7 Å². The van der Waals surface area contributed by atoms with Crippen molar-refractivity contribution in [1.29, 1.82) is 0 Å². The second kappa shape index (κ2) is 9.78. The molecule has 0 unspecified atom stereocenters. The minimum absolute atomic E-state index is 0.211. The Morgan fingerprint density at radius 1 is 1.16 bits per heavy atom. The van der Waals surface area contributed by atoms with E-state index in [0.29, 0.717) is 45.1 Å². The molecule has 0 bridgehead atoms. The summed E-state index contributed by atoms with van der Waals surface area (Å²) in [7, 11) is 0. The summed E-state index contributed by atoms with van der Waals surface area (Å²) >= 11 is 0. The summed E-state index contributed by atoms with van der Waals surface area (Å²) < 4.78 is 20.6.